The van der Waals surface area contributed by atoms with Crippen LogP contribution in [0.3, 0.4) is 0 Å². The Morgan fingerprint density at radius 3 is 2.14 bits per heavy atom. The Hall–Kier alpha value is -8.53. The molecule has 24 heteroatoms. The highest BCUT2D eigenvalue weighted by atomic mass is 31.2. The van der Waals surface area contributed by atoms with Gasteiger partial charge in [0.15, 0.2) is 0 Å². The molecule has 0 bridgehead atoms. The van der Waals surface area contributed by atoms with Crippen LogP contribution in [-0.2, 0) is 45.2 Å². The van der Waals surface area contributed by atoms with E-state index in [2.05, 4.69) is 26.3 Å². The highest BCUT2D eigenvalue weighted by molar-refractivity contribution is 7.70. The van der Waals surface area contributed by atoms with E-state index in [1.165, 1.54) is 38.3 Å². The van der Waals surface area contributed by atoms with Crippen molar-refractivity contribution in [3.63, 3.8) is 0 Å². The summed E-state index contributed by atoms with van der Waals surface area (Å²) >= 11 is 0. The standard InChI is InChI=1S/C60H67N10O13P/c1-67-49-32-38(18-22-46(49)70(60(67)80)48-24-26-51(72)65-57(48)77)35-15-12-34(13-16-35)14-27-52(73)68-29-28-41-19-23-47(56(76)63-43(21-25-50(61)71)54(74)66-53(36-8-4-2-5-9-36)37-10-6-3-7-11-37)69(41)58(78)45(33-68)64-55(75)44-31-40-30-39(17-20-42(40)62-44)59(79)84(81,82)83/h2-11,17-18,20,22,30-32,34-35,41,43,45,47-48,53,62H,12-16,19,21,23-29,33H2,1H3,(H2,61,71)(H,63,76)(H,64,75)(H,66,74)(H,65,72,77)(H2,81,82,83)/t34?,35?,41-,43+,45+,47+,48?/m1/s1. The SMILES string of the molecule is Cn1c(=O)n(C2CCC(=O)NC2=O)c2ccc(C3CCC(CCC(=O)N4CC[C@H]5CC[C@@H](C(=O)N[C@@H](CCC(N)=O)C(=O)NC(c6ccccc6)c6ccccc6)N5C(=O)[C@@H](NC(=O)c5cc6cc(C(=O)P(=O)(O)O)ccc6[nH]5)C4)CC3)cc21. The van der Waals surface area contributed by atoms with E-state index in [0.29, 0.717) is 35.8 Å². The molecule has 5 atom stereocenters. The van der Waals surface area contributed by atoms with Crippen LogP contribution in [0.4, 0.5) is 0 Å². The van der Waals surface area contributed by atoms with Crippen molar-refractivity contribution >= 4 is 82.3 Å². The van der Waals surface area contributed by atoms with Gasteiger partial charge < -0.3 is 46.3 Å². The number of H-pyrrole nitrogens is 1. The first-order valence-corrected chi connectivity index (χ1v) is 30.0. The van der Waals surface area contributed by atoms with Crippen LogP contribution in [0.2, 0.25) is 0 Å². The number of imidazole rings is 1. The van der Waals surface area contributed by atoms with E-state index >= 15 is 4.79 Å². The number of benzene rings is 4. The number of hydrogen-bond acceptors (Lipinski definition) is 11. The van der Waals surface area contributed by atoms with E-state index < -0.39 is 84.8 Å². The van der Waals surface area contributed by atoms with Gasteiger partial charge in [-0.2, -0.15) is 0 Å². The zero-order chi connectivity index (χ0) is 59.6. The Kier molecular flexibility index (Phi) is 17.3. The van der Waals surface area contributed by atoms with Gasteiger partial charge in [0, 0.05) is 61.9 Å². The molecule has 0 radical (unpaired) electrons. The summed E-state index contributed by atoms with van der Waals surface area (Å²) < 4.78 is 14.8. The zero-order valence-corrected chi connectivity index (χ0v) is 47.1. The smallest absolute Gasteiger partial charge is 0.370 e. The molecule has 1 saturated carbocycles. The largest absolute Gasteiger partial charge is 0.396 e. The Morgan fingerprint density at radius 2 is 1.48 bits per heavy atom. The van der Waals surface area contributed by atoms with Gasteiger partial charge in [0.1, 0.15) is 29.9 Å². The number of carbonyl (C=O) groups is 9. The number of piperidine rings is 1. The Labute approximate surface area is 482 Å². The van der Waals surface area contributed by atoms with Crippen molar-refractivity contribution in [2.75, 3.05) is 13.1 Å². The average molecular weight is 1170 g/mol. The molecule has 4 aliphatic rings. The van der Waals surface area contributed by atoms with Gasteiger partial charge in [-0.25, -0.2) is 4.79 Å². The third-order valence-electron chi connectivity index (χ3n) is 17.1. The van der Waals surface area contributed by atoms with Gasteiger partial charge in [-0.15, -0.1) is 0 Å². The number of aromatic amines is 1. The fourth-order valence-corrected chi connectivity index (χ4v) is 13.1. The summed E-state index contributed by atoms with van der Waals surface area (Å²) in [7, 11) is -3.47. The van der Waals surface area contributed by atoms with Crippen molar-refractivity contribution in [1.29, 1.82) is 0 Å². The molecule has 3 saturated heterocycles. The molecule has 4 fully saturated rings. The van der Waals surface area contributed by atoms with Crippen LogP contribution in [0.5, 0.6) is 0 Å². The zero-order valence-electron chi connectivity index (χ0n) is 46.2. The number of carbonyl (C=O) groups excluding carboxylic acids is 9. The summed E-state index contributed by atoms with van der Waals surface area (Å²) in [5, 5.41) is 11.3. The van der Waals surface area contributed by atoms with Crippen molar-refractivity contribution in [2.45, 2.75) is 126 Å². The van der Waals surface area contributed by atoms with Gasteiger partial charge in [0.2, 0.25) is 41.4 Å². The van der Waals surface area contributed by atoms with Gasteiger partial charge in [0.05, 0.1) is 17.1 Å². The summed E-state index contributed by atoms with van der Waals surface area (Å²) in [5.74, 6) is -4.07. The number of nitrogens with zero attached hydrogens (tertiary/aromatic N) is 4. The van der Waals surface area contributed by atoms with E-state index in [0.717, 1.165) is 42.4 Å². The first kappa shape index (κ1) is 58.7. The maximum atomic E-state index is 15.2. The molecule has 9 N–H and O–H groups in total. The molecule has 6 aromatic rings. The van der Waals surface area contributed by atoms with Crippen molar-refractivity contribution in [2.24, 2.45) is 18.7 Å². The van der Waals surface area contributed by atoms with Gasteiger partial charge >= 0.3 is 13.3 Å². The molecular formula is C60H67N10O13P. The predicted octanol–water partition coefficient (Wildman–Crippen LogP) is 4.22. The summed E-state index contributed by atoms with van der Waals surface area (Å²) in [4.78, 5) is 160. The number of fused-ring (bicyclic) bond motifs is 3. The number of amides is 8. The molecule has 23 nitrogen and oxygen atoms in total. The van der Waals surface area contributed by atoms with Crippen LogP contribution in [0.15, 0.2) is 108 Å². The quantitative estimate of drug-likeness (QED) is 0.0442. The van der Waals surface area contributed by atoms with Gasteiger partial charge in [-0.05, 0) is 129 Å². The van der Waals surface area contributed by atoms with E-state index in [-0.39, 0.29) is 97.6 Å². The third kappa shape index (κ3) is 12.7. The number of aryl methyl sites for hydroxylation is 1. The van der Waals surface area contributed by atoms with Crippen molar-refractivity contribution in [1.82, 2.24) is 45.2 Å². The molecule has 84 heavy (non-hydrogen) atoms. The number of nitrogens with one attached hydrogen (secondary N) is 5. The van der Waals surface area contributed by atoms with Crippen LogP contribution in [-0.4, -0.2) is 124 Å². The van der Waals surface area contributed by atoms with Gasteiger partial charge in [0.25, 0.3) is 11.4 Å². The lowest BCUT2D eigenvalue weighted by Gasteiger charge is -2.39. The van der Waals surface area contributed by atoms with E-state index in [1.807, 2.05) is 78.9 Å². The molecule has 1 unspecified atom stereocenters. The van der Waals surface area contributed by atoms with Crippen molar-refractivity contribution in [3.8, 4) is 0 Å². The Bertz CT molecular complexity index is 3640. The second-order valence-corrected chi connectivity index (χ2v) is 24.0. The number of rotatable bonds is 18. The number of primary amides is 1. The summed E-state index contributed by atoms with van der Waals surface area (Å²) in [6.45, 7) is -0.0706. The Morgan fingerprint density at radius 1 is 0.774 bits per heavy atom. The van der Waals surface area contributed by atoms with Crippen LogP contribution in [0.1, 0.15) is 139 Å². The fraction of sp³-hybridized carbons (Fsp3) is 0.400. The van der Waals surface area contributed by atoms with Crippen molar-refractivity contribution in [3.05, 3.63) is 142 Å². The van der Waals surface area contributed by atoms with Crippen molar-refractivity contribution < 1.29 is 57.5 Å². The lowest BCUT2D eigenvalue weighted by atomic mass is 9.77. The highest BCUT2D eigenvalue weighted by Crippen LogP contribution is 2.41. The molecule has 0 spiro atoms. The highest BCUT2D eigenvalue weighted by Gasteiger charge is 2.46. The predicted molar refractivity (Wildman–Crippen MR) is 307 cm³/mol. The minimum Gasteiger partial charge on any atom is -0.370 e. The molecule has 440 valence electrons. The topological polar surface area (TPSA) is 335 Å². The molecule has 5 heterocycles. The molecule has 3 aliphatic heterocycles. The average Bonchev–Trinajstić information content (AvgIpc) is 2.53. The second kappa shape index (κ2) is 24.7. The molecular weight excluding hydrogens is 1100 g/mol. The fourth-order valence-electron chi connectivity index (χ4n) is 12.6. The Balaban J connectivity index is 0.842. The maximum absolute atomic E-state index is 15.2. The van der Waals surface area contributed by atoms with Crippen LogP contribution in [0.25, 0.3) is 21.9 Å². The molecule has 2 aromatic heterocycles. The van der Waals surface area contributed by atoms with Gasteiger partial charge in [-0.3, -0.25) is 62.2 Å². The minimum atomic E-state index is -5.13. The van der Waals surface area contributed by atoms with E-state index in [4.69, 9.17) is 5.73 Å². The third-order valence-corrected chi connectivity index (χ3v) is 17.9. The first-order valence-electron chi connectivity index (χ1n) is 28.4. The molecule has 1 aliphatic carbocycles. The molecule has 8 amide bonds. The molecule has 10 rings (SSSR count). The lowest BCUT2D eigenvalue weighted by Crippen LogP contribution is -2.62. The minimum absolute atomic E-state index is 0.0661. The normalized spacial score (nSPS) is 21.5. The van der Waals surface area contributed by atoms with E-state index in [9.17, 15) is 57.5 Å². The summed E-state index contributed by atoms with van der Waals surface area (Å²) in [6, 6.07) is 23.7. The number of aromatic nitrogens is 3. The summed E-state index contributed by atoms with van der Waals surface area (Å²) in [5.41, 5.74) is 7.71. The van der Waals surface area contributed by atoms with Crippen LogP contribution in [0, 0.1) is 5.92 Å². The number of nitrogens with two attached hydrogens (primary N) is 1. The summed E-state index contributed by atoms with van der Waals surface area (Å²) in [6.07, 6.45) is 4.87. The van der Waals surface area contributed by atoms with E-state index in [1.54, 1.807) is 11.9 Å². The maximum Gasteiger partial charge on any atom is 0.396 e. The monoisotopic (exact) mass is 1170 g/mol. The lowest BCUT2D eigenvalue weighted by molar-refractivity contribution is -0.145. The van der Waals surface area contributed by atoms with Crippen LogP contribution < -0.4 is 32.7 Å². The van der Waals surface area contributed by atoms with Crippen LogP contribution >= 0.6 is 7.60 Å². The first-order chi connectivity index (χ1) is 40.2. The number of imide groups is 1. The molecule has 4 aromatic carbocycles. The second-order valence-electron chi connectivity index (χ2n) is 22.5. The number of hydrogen-bond donors (Lipinski definition) is 8. The van der Waals surface area contributed by atoms with Gasteiger partial charge in [-0.1, -0.05) is 66.7 Å².